The number of piperidine rings is 1. The lowest BCUT2D eigenvalue weighted by Gasteiger charge is -2.41. The van der Waals surface area contributed by atoms with E-state index in [2.05, 4.69) is 0 Å². The smallest absolute Gasteiger partial charge is 0.410 e. The Morgan fingerprint density at radius 3 is 2.00 bits per heavy atom. The normalized spacial score (nSPS) is 35.8. The van der Waals surface area contributed by atoms with Gasteiger partial charge in [-0.15, -0.1) is 0 Å². The van der Waals surface area contributed by atoms with Crippen molar-refractivity contribution < 1.29 is 14.3 Å². The van der Waals surface area contributed by atoms with Gasteiger partial charge in [-0.25, -0.2) is 4.79 Å². The average Bonchev–Trinajstić information content (AvgIpc) is 2.63. The number of hydrogen-bond acceptors (Lipinski definition) is 3. The molecule has 0 aromatic carbocycles. The lowest BCUT2D eigenvalue weighted by atomic mass is 9.84. The number of amides is 1. The van der Waals surface area contributed by atoms with Gasteiger partial charge >= 0.3 is 6.09 Å². The summed E-state index contributed by atoms with van der Waals surface area (Å²) in [5.74, 6) is 0.167. The number of fused-ring (bicyclic) bond motifs is 2. The maximum absolute atomic E-state index is 12.3. The molecule has 0 saturated carbocycles. The van der Waals surface area contributed by atoms with Crippen LogP contribution >= 0.6 is 0 Å². The van der Waals surface area contributed by atoms with Crippen molar-refractivity contribution in [1.29, 1.82) is 0 Å². The Balaban J connectivity index is 2.20. The molecule has 4 heteroatoms. The number of rotatable bonds is 0. The van der Waals surface area contributed by atoms with Gasteiger partial charge in [0.05, 0.1) is 0 Å². The first-order chi connectivity index (χ1) is 8.22. The topological polar surface area (TPSA) is 46.6 Å². The summed E-state index contributed by atoms with van der Waals surface area (Å²) in [6, 6.07) is 0.0714. The van der Waals surface area contributed by atoms with Gasteiger partial charge in [-0.2, -0.15) is 0 Å². The van der Waals surface area contributed by atoms with Gasteiger partial charge in [-0.3, -0.25) is 4.79 Å². The fourth-order valence-electron chi connectivity index (χ4n) is 3.23. The van der Waals surface area contributed by atoms with Crippen LogP contribution in [0.5, 0.6) is 0 Å². The Kier molecular flexibility index (Phi) is 3.16. The highest BCUT2D eigenvalue weighted by atomic mass is 16.6. The number of ether oxygens (including phenoxy) is 1. The van der Waals surface area contributed by atoms with Crippen molar-refractivity contribution in [2.24, 2.45) is 11.8 Å². The first kappa shape index (κ1) is 13.4. The third-order valence-corrected chi connectivity index (χ3v) is 4.13. The molecule has 102 valence electrons. The van der Waals surface area contributed by atoms with Gasteiger partial charge in [-0.1, -0.05) is 13.8 Å². The van der Waals surface area contributed by atoms with E-state index in [1.54, 1.807) is 0 Å². The summed E-state index contributed by atoms with van der Waals surface area (Å²) >= 11 is 0. The van der Waals surface area contributed by atoms with E-state index in [0.29, 0.717) is 5.78 Å². The average molecular weight is 253 g/mol. The third kappa shape index (κ3) is 2.13. The molecule has 2 saturated heterocycles. The summed E-state index contributed by atoms with van der Waals surface area (Å²) in [4.78, 5) is 26.1. The van der Waals surface area contributed by atoms with E-state index in [9.17, 15) is 9.59 Å². The molecule has 4 atom stereocenters. The second-order valence-corrected chi connectivity index (χ2v) is 6.58. The van der Waals surface area contributed by atoms with E-state index in [0.717, 1.165) is 12.8 Å². The van der Waals surface area contributed by atoms with E-state index in [1.165, 1.54) is 0 Å². The lowest BCUT2D eigenvalue weighted by molar-refractivity contribution is -0.133. The summed E-state index contributed by atoms with van der Waals surface area (Å²) in [5.41, 5.74) is -0.482. The van der Waals surface area contributed by atoms with Crippen molar-refractivity contribution in [3.63, 3.8) is 0 Å². The summed E-state index contributed by atoms with van der Waals surface area (Å²) < 4.78 is 5.47. The Morgan fingerprint density at radius 2 is 1.61 bits per heavy atom. The molecule has 2 heterocycles. The minimum atomic E-state index is -0.482. The van der Waals surface area contributed by atoms with Crippen LogP contribution in [0, 0.1) is 11.8 Å². The summed E-state index contributed by atoms with van der Waals surface area (Å²) in [6.45, 7) is 9.48. The molecule has 0 unspecified atom stereocenters. The van der Waals surface area contributed by atoms with Crippen LogP contribution in [0.3, 0.4) is 0 Å². The SMILES string of the molecule is C[C@@H]1C(=O)[C@H](C)[C@H]2CC[C@H]1N2C(=O)OC(C)(C)C. The molecule has 2 fully saturated rings. The van der Waals surface area contributed by atoms with Gasteiger partial charge in [0.15, 0.2) is 0 Å². The van der Waals surface area contributed by atoms with Crippen LogP contribution in [0.1, 0.15) is 47.5 Å². The quantitative estimate of drug-likeness (QED) is 0.666. The van der Waals surface area contributed by atoms with Crippen LogP contribution in [-0.2, 0) is 9.53 Å². The summed E-state index contributed by atoms with van der Waals surface area (Å²) in [7, 11) is 0. The van der Waals surface area contributed by atoms with Crippen LogP contribution in [-0.4, -0.2) is 34.5 Å². The molecule has 0 aromatic heterocycles. The zero-order valence-corrected chi connectivity index (χ0v) is 11.9. The Morgan fingerprint density at radius 1 is 1.17 bits per heavy atom. The standard InChI is InChI=1S/C14H23NO3/c1-8-10-6-7-11(9(2)12(8)16)15(10)13(17)18-14(3,4)5/h8-11H,6-7H2,1-5H3/t8-,9+,10-,11-/m1/s1. The number of Topliss-reactive ketones (excluding diaryl/α,β-unsaturated/α-hetero) is 1. The monoisotopic (exact) mass is 253 g/mol. The maximum atomic E-state index is 12.3. The number of ketones is 1. The van der Waals surface area contributed by atoms with Gasteiger partial charge in [0.1, 0.15) is 11.4 Å². The molecule has 18 heavy (non-hydrogen) atoms. The largest absolute Gasteiger partial charge is 0.444 e. The number of carbonyl (C=O) groups excluding carboxylic acids is 2. The second kappa shape index (κ2) is 4.25. The molecule has 2 rings (SSSR count). The van der Waals surface area contributed by atoms with E-state index in [4.69, 9.17) is 4.74 Å². The fraction of sp³-hybridized carbons (Fsp3) is 0.857. The first-order valence-corrected chi connectivity index (χ1v) is 6.77. The molecule has 0 radical (unpaired) electrons. The van der Waals surface area contributed by atoms with Crippen LogP contribution in [0.4, 0.5) is 4.79 Å². The van der Waals surface area contributed by atoms with Crippen LogP contribution in [0.15, 0.2) is 0 Å². The highest BCUT2D eigenvalue weighted by Crippen LogP contribution is 2.40. The second-order valence-electron chi connectivity index (χ2n) is 6.58. The zero-order chi connectivity index (χ0) is 13.7. The molecule has 2 bridgehead atoms. The van der Waals surface area contributed by atoms with E-state index < -0.39 is 5.60 Å². The van der Waals surface area contributed by atoms with Crippen molar-refractivity contribution >= 4 is 11.9 Å². The molecular weight excluding hydrogens is 230 g/mol. The van der Waals surface area contributed by atoms with Crippen molar-refractivity contribution in [3.05, 3.63) is 0 Å². The maximum Gasteiger partial charge on any atom is 0.410 e. The predicted octanol–water partition coefficient (Wildman–Crippen LogP) is 2.61. The van der Waals surface area contributed by atoms with Gasteiger partial charge in [0.2, 0.25) is 0 Å². The lowest BCUT2D eigenvalue weighted by Crippen LogP contribution is -2.56. The summed E-state index contributed by atoms with van der Waals surface area (Å²) in [5, 5.41) is 0. The predicted molar refractivity (Wildman–Crippen MR) is 68.2 cm³/mol. The molecule has 0 aromatic rings. The van der Waals surface area contributed by atoms with E-state index >= 15 is 0 Å². The van der Waals surface area contributed by atoms with Gasteiger partial charge in [-0.05, 0) is 33.6 Å². The highest BCUT2D eigenvalue weighted by Gasteiger charge is 2.51. The van der Waals surface area contributed by atoms with Crippen molar-refractivity contribution in [2.45, 2.75) is 65.1 Å². The molecule has 4 nitrogen and oxygen atoms in total. The van der Waals surface area contributed by atoms with Crippen molar-refractivity contribution in [2.75, 3.05) is 0 Å². The minimum absolute atomic E-state index is 0.0357. The van der Waals surface area contributed by atoms with Crippen LogP contribution in [0.2, 0.25) is 0 Å². The zero-order valence-electron chi connectivity index (χ0n) is 11.9. The van der Waals surface area contributed by atoms with E-state index in [-0.39, 0.29) is 30.0 Å². The van der Waals surface area contributed by atoms with Crippen molar-refractivity contribution in [1.82, 2.24) is 4.90 Å². The third-order valence-electron chi connectivity index (χ3n) is 4.13. The van der Waals surface area contributed by atoms with Gasteiger partial charge in [0, 0.05) is 23.9 Å². The number of carbonyl (C=O) groups is 2. The highest BCUT2D eigenvalue weighted by molar-refractivity contribution is 5.87. The molecule has 1 amide bonds. The Labute approximate surface area is 109 Å². The minimum Gasteiger partial charge on any atom is -0.444 e. The first-order valence-electron chi connectivity index (χ1n) is 6.77. The van der Waals surface area contributed by atoms with Crippen LogP contribution in [0.25, 0.3) is 0 Å². The molecule has 2 aliphatic rings. The Hall–Kier alpha value is -1.06. The Bertz CT molecular complexity index is 352. The number of nitrogens with zero attached hydrogens (tertiary/aromatic N) is 1. The molecule has 2 aliphatic heterocycles. The molecule has 0 spiro atoms. The number of hydrogen-bond donors (Lipinski definition) is 0. The molecule has 0 N–H and O–H groups in total. The summed E-state index contributed by atoms with van der Waals surface area (Å²) in [6.07, 6.45) is 1.57. The van der Waals surface area contributed by atoms with Crippen LogP contribution < -0.4 is 0 Å². The molecular formula is C14H23NO3. The van der Waals surface area contributed by atoms with E-state index in [1.807, 2.05) is 39.5 Å². The fourth-order valence-corrected chi connectivity index (χ4v) is 3.23. The van der Waals surface area contributed by atoms with Gasteiger partial charge < -0.3 is 9.64 Å². The molecule has 0 aliphatic carbocycles. The van der Waals surface area contributed by atoms with Crippen molar-refractivity contribution in [3.8, 4) is 0 Å². The van der Waals surface area contributed by atoms with Gasteiger partial charge in [0.25, 0.3) is 0 Å².